The summed E-state index contributed by atoms with van der Waals surface area (Å²) in [7, 11) is -1.91. The zero-order chi connectivity index (χ0) is 20.3. The molecule has 0 saturated carbocycles. The molecule has 2 aromatic rings. The van der Waals surface area contributed by atoms with E-state index in [1.165, 1.54) is 22.5 Å². The van der Waals surface area contributed by atoms with Crippen LogP contribution < -0.4 is 5.32 Å². The normalized spacial score (nSPS) is 16.1. The van der Waals surface area contributed by atoms with Crippen molar-refractivity contribution in [3.05, 3.63) is 64.0 Å². The van der Waals surface area contributed by atoms with Crippen molar-refractivity contribution in [2.75, 3.05) is 38.5 Å². The predicted molar refractivity (Wildman–Crippen MR) is 103 cm³/mol. The van der Waals surface area contributed by atoms with Crippen molar-refractivity contribution in [2.45, 2.75) is 11.4 Å². The van der Waals surface area contributed by atoms with Crippen molar-refractivity contribution in [2.24, 2.45) is 0 Å². The molecule has 1 heterocycles. The van der Waals surface area contributed by atoms with Gasteiger partial charge in [-0.15, -0.1) is 0 Å². The highest BCUT2D eigenvalue weighted by molar-refractivity contribution is 7.89. The largest absolute Gasteiger partial charge is 0.375 e. The number of piperazine rings is 1. The maximum atomic E-state index is 13.7. The first-order valence-corrected chi connectivity index (χ1v) is 10.2. The van der Waals surface area contributed by atoms with Crippen molar-refractivity contribution in [3.63, 3.8) is 0 Å². The third-order valence-electron chi connectivity index (χ3n) is 4.69. The van der Waals surface area contributed by atoms with Gasteiger partial charge in [0.05, 0.1) is 9.82 Å². The van der Waals surface area contributed by atoms with Crippen molar-refractivity contribution >= 4 is 21.4 Å². The summed E-state index contributed by atoms with van der Waals surface area (Å²) in [5.41, 5.74) is 0.114. The molecule has 1 saturated heterocycles. The molecular formula is C18H21FN4O4S. The highest BCUT2D eigenvalue weighted by Gasteiger charge is 2.29. The van der Waals surface area contributed by atoms with Crippen LogP contribution in [0.2, 0.25) is 0 Å². The standard InChI is InChI=1S/C18H21FN4O4S/c1-21-8-10-22(11-9-21)28(26,27)15-6-7-17(18(12-15)23(24)25)20-13-14-4-2-3-5-16(14)19/h2-7,12,20H,8-11,13H2,1H3. The lowest BCUT2D eigenvalue weighted by Crippen LogP contribution is -2.47. The van der Waals surface area contributed by atoms with Crippen LogP contribution in [0.5, 0.6) is 0 Å². The number of halogens is 1. The van der Waals surface area contributed by atoms with Gasteiger partial charge in [-0.1, -0.05) is 18.2 Å². The van der Waals surface area contributed by atoms with Crippen LogP contribution in [0, 0.1) is 15.9 Å². The molecule has 0 aromatic heterocycles. The van der Waals surface area contributed by atoms with Crippen LogP contribution in [0.4, 0.5) is 15.8 Å². The Labute approximate surface area is 162 Å². The summed E-state index contributed by atoms with van der Waals surface area (Å²) in [6, 6.07) is 9.83. The average molecular weight is 408 g/mol. The number of anilines is 1. The van der Waals surface area contributed by atoms with Gasteiger partial charge in [0, 0.05) is 44.4 Å². The van der Waals surface area contributed by atoms with E-state index in [4.69, 9.17) is 0 Å². The summed E-state index contributed by atoms with van der Waals surface area (Å²) in [6.07, 6.45) is 0. The molecule has 2 aromatic carbocycles. The van der Waals surface area contributed by atoms with Gasteiger partial charge in [-0.3, -0.25) is 10.1 Å². The molecule has 0 bridgehead atoms. The zero-order valence-electron chi connectivity index (χ0n) is 15.3. The molecule has 0 atom stereocenters. The number of hydrogen-bond donors (Lipinski definition) is 1. The molecule has 0 amide bonds. The van der Waals surface area contributed by atoms with Gasteiger partial charge in [-0.2, -0.15) is 4.31 Å². The van der Waals surface area contributed by atoms with Gasteiger partial charge in [0.1, 0.15) is 11.5 Å². The van der Waals surface area contributed by atoms with E-state index in [0.717, 1.165) is 6.07 Å². The Morgan fingerprint density at radius 3 is 2.46 bits per heavy atom. The Bertz CT molecular complexity index is 975. The number of hydrogen-bond acceptors (Lipinski definition) is 6. The van der Waals surface area contributed by atoms with E-state index in [2.05, 4.69) is 5.32 Å². The van der Waals surface area contributed by atoms with Gasteiger partial charge >= 0.3 is 0 Å². The smallest absolute Gasteiger partial charge is 0.293 e. The molecule has 1 fully saturated rings. The first-order valence-electron chi connectivity index (χ1n) is 8.73. The van der Waals surface area contributed by atoms with Gasteiger partial charge in [0.15, 0.2) is 0 Å². The molecule has 1 aliphatic heterocycles. The topological polar surface area (TPSA) is 95.8 Å². The molecular weight excluding hydrogens is 387 g/mol. The Kier molecular flexibility index (Phi) is 5.92. The second-order valence-corrected chi connectivity index (χ2v) is 8.53. The Morgan fingerprint density at radius 1 is 1.14 bits per heavy atom. The molecule has 0 aliphatic carbocycles. The minimum Gasteiger partial charge on any atom is -0.375 e. The average Bonchev–Trinajstić information content (AvgIpc) is 2.67. The lowest BCUT2D eigenvalue weighted by molar-refractivity contribution is -0.384. The molecule has 8 nitrogen and oxygen atoms in total. The molecule has 0 spiro atoms. The molecule has 28 heavy (non-hydrogen) atoms. The summed E-state index contributed by atoms with van der Waals surface area (Å²) in [4.78, 5) is 12.7. The SMILES string of the molecule is CN1CCN(S(=O)(=O)c2ccc(NCc3ccccc3F)c([N+](=O)[O-])c2)CC1. The highest BCUT2D eigenvalue weighted by atomic mass is 32.2. The first-order chi connectivity index (χ1) is 13.3. The number of rotatable bonds is 6. The fourth-order valence-electron chi connectivity index (χ4n) is 2.98. The van der Waals surface area contributed by atoms with Gasteiger partial charge in [-0.05, 0) is 25.2 Å². The molecule has 0 unspecified atom stereocenters. The van der Waals surface area contributed by atoms with Crippen molar-refractivity contribution in [3.8, 4) is 0 Å². The van der Waals surface area contributed by atoms with Crippen LogP contribution in [0.3, 0.4) is 0 Å². The third kappa shape index (κ3) is 4.29. The summed E-state index contributed by atoms with van der Waals surface area (Å²) in [6.45, 7) is 1.91. The molecule has 3 rings (SSSR count). The molecule has 150 valence electrons. The number of nitro benzene ring substituents is 1. The predicted octanol–water partition coefficient (Wildman–Crippen LogP) is 2.28. The Hall–Kier alpha value is -2.56. The van der Waals surface area contributed by atoms with E-state index in [0.29, 0.717) is 31.7 Å². The minimum atomic E-state index is -3.82. The fourth-order valence-corrected chi connectivity index (χ4v) is 4.42. The number of nitrogens with one attached hydrogen (secondary N) is 1. The number of benzene rings is 2. The lowest BCUT2D eigenvalue weighted by Gasteiger charge is -2.31. The number of nitrogens with zero attached hydrogens (tertiary/aromatic N) is 3. The summed E-state index contributed by atoms with van der Waals surface area (Å²) >= 11 is 0. The van der Waals surface area contributed by atoms with E-state index in [-0.39, 0.29) is 22.8 Å². The van der Waals surface area contributed by atoms with Crippen LogP contribution in [0.15, 0.2) is 47.4 Å². The number of nitro groups is 1. The van der Waals surface area contributed by atoms with E-state index >= 15 is 0 Å². The Balaban J connectivity index is 1.85. The van der Waals surface area contributed by atoms with Gasteiger partial charge in [0.25, 0.3) is 5.69 Å². The quantitative estimate of drug-likeness (QED) is 0.582. The van der Waals surface area contributed by atoms with Crippen LogP contribution in [0.1, 0.15) is 5.56 Å². The van der Waals surface area contributed by atoms with E-state index in [1.807, 2.05) is 11.9 Å². The molecule has 1 N–H and O–H groups in total. The maximum absolute atomic E-state index is 13.7. The number of likely N-dealkylation sites (N-methyl/N-ethyl adjacent to an activating group) is 1. The van der Waals surface area contributed by atoms with E-state index < -0.39 is 20.8 Å². The lowest BCUT2D eigenvalue weighted by atomic mass is 10.2. The number of sulfonamides is 1. The maximum Gasteiger partial charge on any atom is 0.293 e. The van der Waals surface area contributed by atoms with Crippen LogP contribution in [-0.2, 0) is 16.6 Å². The van der Waals surface area contributed by atoms with Crippen LogP contribution in [-0.4, -0.2) is 55.8 Å². The summed E-state index contributed by atoms with van der Waals surface area (Å²) < 4.78 is 40.7. The van der Waals surface area contributed by atoms with Gasteiger partial charge < -0.3 is 10.2 Å². The zero-order valence-corrected chi connectivity index (χ0v) is 16.2. The fraction of sp³-hybridized carbons (Fsp3) is 0.333. The minimum absolute atomic E-state index is 0.0398. The molecule has 10 heteroatoms. The molecule has 1 aliphatic rings. The first kappa shape index (κ1) is 20.2. The van der Waals surface area contributed by atoms with Crippen LogP contribution in [0.25, 0.3) is 0 Å². The monoisotopic (exact) mass is 408 g/mol. The van der Waals surface area contributed by atoms with Crippen molar-refractivity contribution in [1.82, 2.24) is 9.21 Å². The second-order valence-electron chi connectivity index (χ2n) is 6.59. The summed E-state index contributed by atoms with van der Waals surface area (Å²) in [5.74, 6) is -0.424. The van der Waals surface area contributed by atoms with Crippen molar-refractivity contribution < 1.29 is 17.7 Å². The Morgan fingerprint density at radius 2 is 1.82 bits per heavy atom. The van der Waals surface area contributed by atoms with Gasteiger partial charge in [0.2, 0.25) is 10.0 Å². The summed E-state index contributed by atoms with van der Waals surface area (Å²) in [5, 5.41) is 14.3. The second kappa shape index (κ2) is 8.21. The van der Waals surface area contributed by atoms with Crippen molar-refractivity contribution in [1.29, 1.82) is 0 Å². The molecule has 0 radical (unpaired) electrons. The highest BCUT2D eigenvalue weighted by Crippen LogP contribution is 2.30. The third-order valence-corrected chi connectivity index (χ3v) is 6.59. The van der Waals surface area contributed by atoms with Gasteiger partial charge in [-0.25, -0.2) is 12.8 Å². The van der Waals surface area contributed by atoms with Crippen LogP contribution >= 0.6 is 0 Å². The van der Waals surface area contributed by atoms with E-state index in [1.54, 1.807) is 18.2 Å². The van der Waals surface area contributed by atoms with E-state index in [9.17, 15) is 22.9 Å².